The van der Waals surface area contributed by atoms with Crippen LogP contribution >= 0.6 is 0 Å². The van der Waals surface area contributed by atoms with Gasteiger partial charge in [-0.25, -0.2) is 4.79 Å². The second kappa shape index (κ2) is 16.5. The Labute approximate surface area is 177 Å². The zero-order valence-electron chi connectivity index (χ0n) is 19.0. The molecule has 0 bridgehead atoms. The molecule has 0 heterocycles. The van der Waals surface area contributed by atoms with Gasteiger partial charge in [0.1, 0.15) is 6.61 Å². The van der Waals surface area contributed by atoms with Gasteiger partial charge in [-0.15, -0.1) is 0 Å². The zero-order chi connectivity index (χ0) is 21.3. The van der Waals surface area contributed by atoms with Gasteiger partial charge in [0.25, 0.3) is 0 Å². The molecule has 170 valence electrons. The number of ether oxygens (including phenoxy) is 3. The van der Waals surface area contributed by atoms with E-state index < -0.39 is 6.16 Å². The minimum Gasteiger partial charge on any atom is -0.465 e. The largest absolute Gasteiger partial charge is 0.508 e. The van der Waals surface area contributed by atoms with E-state index in [0.29, 0.717) is 13.0 Å². The number of carbonyl (C=O) groups excluding carboxylic acids is 2. The first-order valence-electron chi connectivity index (χ1n) is 11.7. The fourth-order valence-electron chi connectivity index (χ4n) is 3.77. The standard InChI is InChI=1S/C23H43NO5/c1-4-24(5-2)16-11-17-27-23(26)29-19-20(3)18-28-22(25)15-10-9-14-21-12-7-6-8-13-21/h20-21H,4-19H2,1-3H3. The average Bonchev–Trinajstić information content (AvgIpc) is 2.74. The van der Waals surface area contributed by atoms with E-state index in [-0.39, 0.29) is 25.1 Å². The van der Waals surface area contributed by atoms with Crippen molar-refractivity contribution in [3.8, 4) is 0 Å². The van der Waals surface area contributed by atoms with E-state index in [2.05, 4.69) is 18.7 Å². The summed E-state index contributed by atoms with van der Waals surface area (Å²) in [6, 6.07) is 0. The summed E-state index contributed by atoms with van der Waals surface area (Å²) in [4.78, 5) is 25.7. The van der Waals surface area contributed by atoms with Gasteiger partial charge in [-0.3, -0.25) is 4.79 Å². The lowest BCUT2D eigenvalue weighted by Crippen LogP contribution is -2.25. The fraction of sp³-hybridized carbons (Fsp3) is 0.913. The van der Waals surface area contributed by atoms with E-state index in [0.717, 1.165) is 44.8 Å². The van der Waals surface area contributed by atoms with E-state index >= 15 is 0 Å². The number of carbonyl (C=O) groups is 2. The van der Waals surface area contributed by atoms with Gasteiger partial charge in [0.05, 0.1) is 13.2 Å². The highest BCUT2D eigenvalue weighted by Crippen LogP contribution is 2.27. The van der Waals surface area contributed by atoms with Gasteiger partial charge < -0.3 is 19.1 Å². The Kier molecular flexibility index (Phi) is 14.6. The van der Waals surface area contributed by atoms with Gasteiger partial charge in [-0.1, -0.05) is 65.7 Å². The summed E-state index contributed by atoms with van der Waals surface area (Å²) >= 11 is 0. The van der Waals surface area contributed by atoms with Crippen LogP contribution in [0.5, 0.6) is 0 Å². The van der Waals surface area contributed by atoms with Crippen LogP contribution < -0.4 is 0 Å². The molecule has 1 fully saturated rings. The Balaban J connectivity index is 1.96. The van der Waals surface area contributed by atoms with Crippen LogP contribution in [0.4, 0.5) is 4.79 Å². The van der Waals surface area contributed by atoms with E-state index in [9.17, 15) is 9.59 Å². The molecule has 0 aromatic rings. The number of esters is 1. The third-order valence-corrected chi connectivity index (χ3v) is 5.72. The zero-order valence-corrected chi connectivity index (χ0v) is 19.0. The highest BCUT2D eigenvalue weighted by molar-refractivity contribution is 5.69. The van der Waals surface area contributed by atoms with Crippen LogP contribution in [0.25, 0.3) is 0 Å². The first-order valence-corrected chi connectivity index (χ1v) is 11.7. The second-order valence-electron chi connectivity index (χ2n) is 8.33. The highest BCUT2D eigenvalue weighted by Gasteiger charge is 2.14. The van der Waals surface area contributed by atoms with Crippen molar-refractivity contribution in [3.05, 3.63) is 0 Å². The van der Waals surface area contributed by atoms with E-state index in [1.165, 1.54) is 38.5 Å². The molecule has 0 N–H and O–H groups in total. The molecule has 29 heavy (non-hydrogen) atoms. The minimum atomic E-state index is -0.648. The maximum atomic E-state index is 11.9. The topological polar surface area (TPSA) is 65.1 Å². The molecule has 0 aromatic heterocycles. The molecule has 0 radical (unpaired) electrons. The summed E-state index contributed by atoms with van der Waals surface area (Å²) in [5, 5.41) is 0. The van der Waals surface area contributed by atoms with Gasteiger partial charge in [0.2, 0.25) is 0 Å². The summed E-state index contributed by atoms with van der Waals surface area (Å²) in [6.45, 7) is 9.86. The van der Waals surface area contributed by atoms with Crippen LogP contribution in [0.15, 0.2) is 0 Å². The van der Waals surface area contributed by atoms with Crippen LogP contribution in [-0.4, -0.2) is 56.5 Å². The minimum absolute atomic E-state index is 0.0376. The summed E-state index contributed by atoms with van der Waals surface area (Å²) in [7, 11) is 0. The van der Waals surface area contributed by atoms with Crippen LogP contribution in [0.3, 0.4) is 0 Å². The number of hydrogen-bond acceptors (Lipinski definition) is 6. The third kappa shape index (κ3) is 13.5. The molecule has 6 nitrogen and oxygen atoms in total. The number of unbranched alkanes of at least 4 members (excludes halogenated alkanes) is 1. The monoisotopic (exact) mass is 413 g/mol. The highest BCUT2D eigenvalue weighted by atomic mass is 16.7. The number of rotatable bonds is 15. The summed E-state index contributed by atoms with van der Waals surface area (Å²) in [5.74, 6) is 0.679. The molecule has 1 aliphatic carbocycles. The van der Waals surface area contributed by atoms with Crippen molar-refractivity contribution in [1.29, 1.82) is 0 Å². The van der Waals surface area contributed by atoms with Gasteiger partial charge >= 0.3 is 12.1 Å². The van der Waals surface area contributed by atoms with Gasteiger partial charge in [0, 0.05) is 18.9 Å². The molecule has 0 spiro atoms. The van der Waals surface area contributed by atoms with Crippen LogP contribution in [0.1, 0.15) is 85.0 Å². The smallest absolute Gasteiger partial charge is 0.465 e. The Bertz CT molecular complexity index is 433. The number of nitrogens with zero attached hydrogens (tertiary/aromatic N) is 1. The van der Waals surface area contributed by atoms with Crippen molar-refractivity contribution in [2.75, 3.05) is 39.5 Å². The Hall–Kier alpha value is -1.30. The molecule has 0 saturated heterocycles. The molecular formula is C23H43NO5. The summed E-state index contributed by atoms with van der Waals surface area (Å²) in [6.07, 6.45) is 10.7. The van der Waals surface area contributed by atoms with Crippen molar-refractivity contribution < 1.29 is 23.8 Å². The van der Waals surface area contributed by atoms with Gasteiger partial charge in [-0.2, -0.15) is 0 Å². The van der Waals surface area contributed by atoms with Crippen molar-refractivity contribution in [2.45, 2.75) is 85.0 Å². The van der Waals surface area contributed by atoms with Crippen molar-refractivity contribution in [2.24, 2.45) is 11.8 Å². The summed E-state index contributed by atoms with van der Waals surface area (Å²) in [5.41, 5.74) is 0. The van der Waals surface area contributed by atoms with E-state index in [1.54, 1.807) is 0 Å². The molecule has 1 saturated carbocycles. The average molecular weight is 414 g/mol. The normalized spacial score (nSPS) is 15.9. The maximum absolute atomic E-state index is 11.9. The molecule has 1 aliphatic rings. The first kappa shape index (κ1) is 25.7. The van der Waals surface area contributed by atoms with Gasteiger partial charge in [-0.05, 0) is 31.8 Å². The number of hydrogen-bond donors (Lipinski definition) is 0. The molecule has 0 aliphatic heterocycles. The van der Waals surface area contributed by atoms with Crippen molar-refractivity contribution in [3.63, 3.8) is 0 Å². The Morgan fingerprint density at radius 1 is 0.931 bits per heavy atom. The molecule has 1 atom stereocenters. The van der Waals surface area contributed by atoms with Crippen LogP contribution in [-0.2, 0) is 19.0 Å². The third-order valence-electron chi connectivity index (χ3n) is 5.72. The Morgan fingerprint density at radius 2 is 1.62 bits per heavy atom. The maximum Gasteiger partial charge on any atom is 0.508 e. The van der Waals surface area contributed by atoms with Crippen LogP contribution in [0.2, 0.25) is 0 Å². The lowest BCUT2D eigenvalue weighted by molar-refractivity contribution is -0.145. The van der Waals surface area contributed by atoms with E-state index in [1.807, 2.05) is 6.92 Å². The van der Waals surface area contributed by atoms with E-state index in [4.69, 9.17) is 14.2 Å². The Morgan fingerprint density at radius 3 is 2.31 bits per heavy atom. The predicted octanol–water partition coefficient (Wildman–Crippen LogP) is 5.19. The lowest BCUT2D eigenvalue weighted by atomic mass is 9.86. The first-order chi connectivity index (χ1) is 14.0. The molecule has 1 rings (SSSR count). The quantitative estimate of drug-likeness (QED) is 0.272. The SMILES string of the molecule is CCN(CC)CCCOC(=O)OCC(C)COC(=O)CCCCC1CCCCC1. The second-order valence-corrected chi connectivity index (χ2v) is 8.33. The molecule has 1 unspecified atom stereocenters. The molecule has 6 heteroatoms. The molecule has 0 amide bonds. The van der Waals surface area contributed by atoms with Gasteiger partial charge in [0.15, 0.2) is 0 Å². The molecule has 0 aromatic carbocycles. The lowest BCUT2D eigenvalue weighted by Gasteiger charge is -2.21. The summed E-state index contributed by atoms with van der Waals surface area (Å²) < 4.78 is 15.5. The predicted molar refractivity (Wildman–Crippen MR) is 115 cm³/mol. The van der Waals surface area contributed by atoms with Crippen LogP contribution in [0, 0.1) is 11.8 Å². The van der Waals surface area contributed by atoms with Crippen molar-refractivity contribution in [1.82, 2.24) is 4.90 Å². The van der Waals surface area contributed by atoms with Crippen molar-refractivity contribution >= 4 is 12.1 Å². The molecular weight excluding hydrogens is 370 g/mol. The fourth-order valence-corrected chi connectivity index (χ4v) is 3.77.